The molecule has 0 fully saturated rings. The van der Waals surface area contributed by atoms with E-state index < -0.39 is 11.7 Å². The van der Waals surface area contributed by atoms with Crippen molar-refractivity contribution in [2.24, 2.45) is 0 Å². The van der Waals surface area contributed by atoms with Gasteiger partial charge in [0.25, 0.3) is 0 Å². The molecule has 1 aliphatic heterocycles. The summed E-state index contributed by atoms with van der Waals surface area (Å²) in [6, 6.07) is 11.0. The minimum absolute atomic E-state index is 0.218. The molecule has 0 saturated heterocycles. The number of nitrogens with one attached hydrogen (secondary N) is 2. The molecule has 22 heavy (non-hydrogen) atoms. The van der Waals surface area contributed by atoms with Crippen LogP contribution < -0.4 is 5.32 Å². The molecule has 1 amide bonds. The van der Waals surface area contributed by atoms with Gasteiger partial charge in [-0.25, -0.2) is 8.78 Å². The predicted molar refractivity (Wildman–Crippen MR) is 79.7 cm³/mol. The third-order valence-electron chi connectivity index (χ3n) is 4.05. The molecule has 0 spiro atoms. The van der Waals surface area contributed by atoms with E-state index in [0.717, 1.165) is 16.6 Å². The highest BCUT2D eigenvalue weighted by molar-refractivity contribution is 6.03. The van der Waals surface area contributed by atoms with E-state index in [1.807, 2.05) is 6.07 Å². The zero-order valence-electron chi connectivity index (χ0n) is 11.5. The molecule has 4 rings (SSSR count). The van der Waals surface area contributed by atoms with Crippen molar-refractivity contribution < 1.29 is 13.6 Å². The monoisotopic (exact) mass is 298 g/mol. The van der Waals surface area contributed by atoms with Crippen molar-refractivity contribution in [3.8, 4) is 0 Å². The zero-order valence-corrected chi connectivity index (χ0v) is 11.5. The van der Waals surface area contributed by atoms with E-state index >= 15 is 0 Å². The van der Waals surface area contributed by atoms with Gasteiger partial charge in [-0.2, -0.15) is 0 Å². The summed E-state index contributed by atoms with van der Waals surface area (Å²) in [5.74, 6) is -1.38. The summed E-state index contributed by atoms with van der Waals surface area (Å²) in [6.07, 6.45) is 0.415. The number of rotatable bonds is 2. The molecule has 1 aliphatic rings. The Morgan fingerprint density at radius 3 is 2.82 bits per heavy atom. The smallest absolute Gasteiger partial charge is 0.232 e. The van der Waals surface area contributed by atoms with Crippen LogP contribution in [0.1, 0.15) is 17.2 Å². The Bertz CT molecular complexity index is 901. The largest absolute Gasteiger partial charge is 0.358 e. The van der Waals surface area contributed by atoms with Crippen LogP contribution in [0.5, 0.6) is 0 Å². The first-order valence-electron chi connectivity index (χ1n) is 6.98. The van der Waals surface area contributed by atoms with E-state index in [1.165, 1.54) is 18.2 Å². The highest BCUT2D eigenvalue weighted by atomic mass is 19.1. The van der Waals surface area contributed by atoms with E-state index in [0.29, 0.717) is 12.0 Å². The number of benzene rings is 2. The van der Waals surface area contributed by atoms with Gasteiger partial charge in [-0.15, -0.1) is 0 Å². The van der Waals surface area contributed by atoms with Crippen molar-refractivity contribution in [1.82, 2.24) is 4.98 Å². The quantitative estimate of drug-likeness (QED) is 0.744. The minimum atomic E-state index is -0.441. The molecule has 5 heteroatoms. The second kappa shape index (κ2) is 4.66. The number of hydrogen-bond donors (Lipinski definition) is 2. The number of hydrogen-bond acceptors (Lipinski definition) is 1. The molecule has 0 aliphatic carbocycles. The lowest BCUT2D eigenvalue weighted by Gasteiger charge is -2.07. The molecule has 2 aromatic carbocycles. The number of halogens is 2. The summed E-state index contributed by atoms with van der Waals surface area (Å²) in [4.78, 5) is 15.3. The number of H-pyrrole nitrogens is 1. The maximum atomic E-state index is 13.7. The minimum Gasteiger partial charge on any atom is -0.358 e. The number of anilines is 1. The van der Waals surface area contributed by atoms with Crippen LogP contribution in [0.4, 0.5) is 14.5 Å². The normalized spacial score (nSPS) is 16.8. The number of carbonyl (C=O) groups excluding carboxylic acids is 1. The summed E-state index contributed by atoms with van der Waals surface area (Å²) in [7, 11) is 0. The fourth-order valence-corrected chi connectivity index (χ4v) is 3.01. The standard InChI is InChI=1S/C17H12F2N2O/c18-10-4-5-15-9(6-10)7-11(20-15)8-13-12-2-1-3-14(19)16(12)21-17(13)22/h1-7,13,20H,8H2,(H,21,22). The molecule has 3 aromatic rings. The first-order valence-corrected chi connectivity index (χ1v) is 6.98. The topological polar surface area (TPSA) is 44.9 Å². The number of aromatic nitrogens is 1. The molecule has 0 bridgehead atoms. The SMILES string of the molecule is O=C1Nc2c(F)cccc2C1Cc1cc2cc(F)ccc2[nH]1. The van der Waals surface area contributed by atoms with E-state index in [9.17, 15) is 13.6 Å². The van der Waals surface area contributed by atoms with Crippen LogP contribution in [-0.4, -0.2) is 10.9 Å². The predicted octanol–water partition coefficient (Wildman–Crippen LogP) is 3.72. The summed E-state index contributed by atoms with van der Waals surface area (Å²) in [5.41, 5.74) is 2.56. The molecule has 3 nitrogen and oxygen atoms in total. The summed E-state index contributed by atoms with van der Waals surface area (Å²) in [5, 5.41) is 3.35. The Hall–Kier alpha value is -2.69. The molecule has 1 aromatic heterocycles. The van der Waals surface area contributed by atoms with Gasteiger partial charge < -0.3 is 10.3 Å². The van der Waals surface area contributed by atoms with Crippen molar-refractivity contribution in [2.75, 3.05) is 5.32 Å². The average molecular weight is 298 g/mol. The van der Waals surface area contributed by atoms with Crippen LogP contribution in [0.2, 0.25) is 0 Å². The fourth-order valence-electron chi connectivity index (χ4n) is 3.01. The third kappa shape index (κ3) is 1.97. The van der Waals surface area contributed by atoms with Crippen molar-refractivity contribution in [3.05, 3.63) is 65.4 Å². The van der Waals surface area contributed by atoms with Crippen LogP contribution in [-0.2, 0) is 11.2 Å². The van der Waals surface area contributed by atoms with Crippen molar-refractivity contribution in [1.29, 1.82) is 0 Å². The number of carbonyl (C=O) groups is 1. The Balaban J connectivity index is 1.71. The van der Waals surface area contributed by atoms with Crippen LogP contribution in [0, 0.1) is 11.6 Å². The Kier molecular flexibility index (Phi) is 2.76. The van der Waals surface area contributed by atoms with Crippen LogP contribution in [0.25, 0.3) is 10.9 Å². The van der Waals surface area contributed by atoms with Crippen molar-refractivity contribution in [2.45, 2.75) is 12.3 Å². The second-order valence-corrected chi connectivity index (χ2v) is 5.48. The Labute approximate surface area is 125 Å². The zero-order chi connectivity index (χ0) is 15.3. The third-order valence-corrected chi connectivity index (χ3v) is 4.05. The van der Waals surface area contributed by atoms with E-state index in [2.05, 4.69) is 10.3 Å². The number of amides is 1. The molecule has 1 unspecified atom stereocenters. The highest BCUT2D eigenvalue weighted by Gasteiger charge is 2.32. The number of aromatic amines is 1. The van der Waals surface area contributed by atoms with Crippen molar-refractivity contribution in [3.63, 3.8) is 0 Å². The molecule has 2 heterocycles. The second-order valence-electron chi connectivity index (χ2n) is 5.48. The van der Waals surface area contributed by atoms with Gasteiger partial charge in [0.1, 0.15) is 11.6 Å². The molecular weight excluding hydrogens is 286 g/mol. The maximum absolute atomic E-state index is 13.7. The lowest BCUT2D eigenvalue weighted by atomic mass is 9.95. The van der Waals surface area contributed by atoms with E-state index in [-0.39, 0.29) is 17.4 Å². The highest BCUT2D eigenvalue weighted by Crippen LogP contribution is 2.36. The van der Waals surface area contributed by atoms with Crippen molar-refractivity contribution >= 4 is 22.5 Å². The number of fused-ring (bicyclic) bond motifs is 2. The van der Waals surface area contributed by atoms with Crippen LogP contribution in [0.15, 0.2) is 42.5 Å². The fraction of sp³-hybridized carbons (Fsp3) is 0.118. The van der Waals surface area contributed by atoms with Gasteiger partial charge in [-0.1, -0.05) is 12.1 Å². The van der Waals surface area contributed by atoms with Gasteiger partial charge in [0.2, 0.25) is 5.91 Å². The molecule has 2 N–H and O–H groups in total. The van der Waals surface area contributed by atoms with Crippen LogP contribution >= 0.6 is 0 Å². The lowest BCUT2D eigenvalue weighted by Crippen LogP contribution is -2.14. The molecular formula is C17H12F2N2O. The van der Waals surface area contributed by atoms with E-state index in [4.69, 9.17) is 0 Å². The molecule has 110 valence electrons. The summed E-state index contributed by atoms with van der Waals surface area (Å²) < 4.78 is 27.0. The maximum Gasteiger partial charge on any atom is 0.232 e. The first-order chi connectivity index (χ1) is 10.6. The first kappa shape index (κ1) is 13.0. The van der Waals surface area contributed by atoms with Gasteiger partial charge in [0, 0.05) is 23.0 Å². The molecule has 0 saturated carbocycles. The molecule has 0 radical (unpaired) electrons. The molecule has 1 atom stereocenters. The van der Waals surface area contributed by atoms with Gasteiger partial charge >= 0.3 is 0 Å². The summed E-state index contributed by atoms with van der Waals surface area (Å²) in [6.45, 7) is 0. The lowest BCUT2D eigenvalue weighted by molar-refractivity contribution is -0.117. The summed E-state index contributed by atoms with van der Waals surface area (Å²) >= 11 is 0. The van der Waals surface area contributed by atoms with Crippen LogP contribution in [0.3, 0.4) is 0 Å². The van der Waals surface area contributed by atoms with Gasteiger partial charge in [0.05, 0.1) is 11.6 Å². The average Bonchev–Trinajstić information content (AvgIpc) is 3.02. The van der Waals surface area contributed by atoms with E-state index in [1.54, 1.807) is 18.2 Å². The van der Waals surface area contributed by atoms with Gasteiger partial charge in [-0.3, -0.25) is 4.79 Å². The number of para-hydroxylation sites is 1. The Morgan fingerprint density at radius 1 is 1.09 bits per heavy atom. The Morgan fingerprint density at radius 2 is 1.95 bits per heavy atom. The van der Waals surface area contributed by atoms with Gasteiger partial charge in [0.15, 0.2) is 0 Å². The van der Waals surface area contributed by atoms with Gasteiger partial charge in [-0.05, 0) is 35.9 Å².